The number of rotatable bonds is 5. The summed E-state index contributed by atoms with van der Waals surface area (Å²) in [6.45, 7) is 5.79. The summed E-state index contributed by atoms with van der Waals surface area (Å²) in [7, 11) is 0. The van der Waals surface area contributed by atoms with E-state index in [1.807, 2.05) is 19.1 Å². The first-order valence-corrected chi connectivity index (χ1v) is 9.27. The van der Waals surface area contributed by atoms with Crippen LogP contribution >= 0.6 is 11.8 Å². The summed E-state index contributed by atoms with van der Waals surface area (Å²) in [5, 5.41) is -4.14. The largest absolute Gasteiger partial charge is 0.360 e. The highest BCUT2D eigenvalue weighted by Gasteiger charge is 2.59. The zero-order valence-corrected chi connectivity index (χ0v) is 15.5. The van der Waals surface area contributed by atoms with Gasteiger partial charge in [0, 0.05) is 23.3 Å². The van der Waals surface area contributed by atoms with Crippen LogP contribution in [0, 0.1) is 6.92 Å². The zero-order valence-electron chi connectivity index (χ0n) is 14.7. The lowest BCUT2D eigenvalue weighted by molar-refractivity contribution is -0.153. The van der Waals surface area contributed by atoms with Gasteiger partial charge >= 0.3 is 11.2 Å². The molecule has 0 unspecified atom stereocenters. The van der Waals surface area contributed by atoms with E-state index in [0.717, 1.165) is 5.56 Å². The van der Waals surface area contributed by atoms with Crippen LogP contribution in [0.5, 0.6) is 0 Å². The number of carbonyl (C=O) groups excluding carboxylic acids is 1. The van der Waals surface area contributed by atoms with Gasteiger partial charge < -0.3 is 0 Å². The van der Waals surface area contributed by atoms with Crippen LogP contribution in [0.1, 0.15) is 39.9 Å². The van der Waals surface area contributed by atoms with Crippen molar-refractivity contribution >= 4 is 23.1 Å². The van der Waals surface area contributed by atoms with Crippen molar-refractivity contribution in [3.63, 3.8) is 0 Å². The smallest absolute Gasteiger partial charge is 0.294 e. The van der Waals surface area contributed by atoms with E-state index in [0.29, 0.717) is 23.1 Å². The molecule has 2 aromatic carbocycles. The van der Waals surface area contributed by atoms with Crippen molar-refractivity contribution in [2.45, 2.75) is 42.3 Å². The van der Waals surface area contributed by atoms with Crippen LogP contribution in [0.15, 0.2) is 53.9 Å². The summed E-state index contributed by atoms with van der Waals surface area (Å²) in [6, 6.07) is 11.8. The monoisotopic (exact) mass is 394 g/mol. The summed E-state index contributed by atoms with van der Waals surface area (Å²) in [5.74, 6) is -4.09. The summed E-state index contributed by atoms with van der Waals surface area (Å²) in [6.07, 6.45) is -0.383. The van der Waals surface area contributed by atoms with E-state index >= 15 is 0 Å². The fraction of sp³-hybridized carbons (Fsp3) is 0.286. The zero-order chi connectivity index (χ0) is 19.8. The van der Waals surface area contributed by atoms with Crippen LogP contribution in [0.4, 0.5) is 17.6 Å². The lowest BCUT2D eigenvalue weighted by Gasteiger charge is -2.31. The Bertz CT molecular complexity index is 905. The van der Waals surface area contributed by atoms with Crippen LogP contribution in [-0.2, 0) is 6.42 Å². The Labute approximate surface area is 159 Å². The van der Waals surface area contributed by atoms with Gasteiger partial charge in [0.25, 0.3) is 0 Å². The van der Waals surface area contributed by atoms with Gasteiger partial charge in [0.1, 0.15) is 0 Å². The highest BCUT2D eigenvalue weighted by Crippen LogP contribution is 2.53. The fourth-order valence-electron chi connectivity index (χ4n) is 3.00. The van der Waals surface area contributed by atoms with Crippen molar-refractivity contribution in [2.24, 2.45) is 0 Å². The normalized spacial score (nSPS) is 17.2. The number of fused-ring (bicyclic) bond motifs is 1. The quantitative estimate of drug-likeness (QED) is 0.423. The molecule has 0 atom stereocenters. The molecule has 0 fully saturated rings. The van der Waals surface area contributed by atoms with E-state index in [2.05, 4.69) is 6.58 Å². The lowest BCUT2D eigenvalue weighted by atomic mass is 9.95. The van der Waals surface area contributed by atoms with Gasteiger partial charge in [-0.05, 0) is 53.4 Å². The van der Waals surface area contributed by atoms with Crippen LogP contribution in [0.25, 0.3) is 5.57 Å². The summed E-state index contributed by atoms with van der Waals surface area (Å²) >= 11 is -0.115. The molecule has 0 radical (unpaired) electrons. The predicted octanol–water partition coefficient (Wildman–Crippen LogP) is 6.55. The van der Waals surface area contributed by atoms with E-state index in [-0.39, 0.29) is 34.4 Å². The Hall–Kier alpha value is -2.08. The number of thioether (sulfide) groups is 1. The number of alkyl halides is 4. The molecule has 0 saturated carbocycles. The molecule has 0 saturated heterocycles. The molecule has 6 heteroatoms. The summed E-state index contributed by atoms with van der Waals surface area (Å²) < 4.78 is 54.2. The third kappa shape index (κ3) is 3.95. The molecule has 2 aromatic rings. The van der Waals surface area contributed by atoms with E-state index < -0.39 is 17.6 Å². The van der Waals surface area contributed by atoms with Gasteiger partial charge in [-0.15, -0.1) is 0 Å². The molecule has 27 heavy (non-hydrogen) atoms. The molecule has 1 nitrogen and oxygen atoms in total. The molecular weight excluding hydrogens is 376 g/mol. The van der Waals surface area contributed by atoms with Gasteiger partial charge in [-0.25, -0.2) is 0 Å². The van der Waals surface area contributed by atoms with Gasteiger partial charge in [-0.1, -0.05) is 43.0 Å². The van der Waals surface area contributed by atoms with Crippen molar-refractivity contribution in [1.82, 2.24) is 0 Å². The Morgan fingerprint density at radius 1 is 1.11 bits per heavy atom. The van der Waals surface area contributed by atoms with Crippen molar-refractivity contribution in [1.29, 1.82) is 0 Å². The molecule has 0 bridgehead atoms. The number of carbonyl (C=O) groups is 1. The molecule has 1 aliphatic heterocycles. The number of benzene rings is 2. The van der Waals surface area contributed by atoms with Crippen LogP contribution in [0.3, 0.4) is 0 Å². The maximum atomic E-state index is 13.6. The van der Waals surface area contributed by atoms with Gasteiger partial charge in [0.2, 0.25) is 0 Å². The highest BCUT2D eigenvalue weighted by molar-refractivity contribution is 8.00. The fourth-order valence-corrected chi connectivity index (χ4v) is 3.95. The second-order valence-corrected chi connectivity index (χ2v) is 7.82. The first-order valence-electron chi connectivity index (χ1n) is 8.45. The number of halogens is 4. The number of hydrogen-bond donors (Lipinski definition) is 0. The van der Waals surface area contributed by atoms with E-state index in [1.165, 1.54) is 12.1 Å². The van der Waals surface area contributed by atoms with Gasteiger partial charge in [-0.3, -0.25) is 4.79 Å². The molecule has 142 valence electrons. The highest BCUT2D eigenvalue weighted by atomic mass is 32.2. The Balaban J connectivity index is 1.72. The number of Topliss-reactive ketones (excluding diaryl/α,β-unsaturated/α-hetero) is 1. The number of aryl methyl sites for hydroxylation is 1. The first-order chi connectivity index (χ1) is 12.6. The molecule has 1 aliphatic rings. The summed E-state index contributed by atoms with van der Waals surface area (Å²) in [4.78, 5) is 12.5. The van der Waals surface area contributed by atoms with Gasteiger partial charge in [0.15, 0.2) is 5.78 Å². The van der Waals surface area contributed by atoms with Crippen molar-refractivity contribution in [2.75, 3.05) is 0 Å². The molecule has 1 heterocycles. The van der Waals surface area contributed by atoms with E-state index in [1.54, 1.807) is 18.2 Å². The SMILES string of the molecule is C=C(CCC(=O)c1ccccc1C)c1ccc2c(c1)SC(F)(F)C(F)(F)C2. The minimum Gasteiger partial charge on any atom is -0.294 e. The molecule has 0 amide bonds. The first kappa shape index (κ1) is 19.7. The molecule has 0 aliphatic carbocycles. The maximum absolute atomic E-state index is 13.6. The topological polar surface area (TPSA) is 17.1 Å². The lowest BCUT2D eigenvalue weighted by Crippen LogP contribution is -2.42. The van der Waals surface area contributed by atoms with E-state index in [4.69, 9.17) is 0 Å². The van der Waals surface area contributed by atoms with Gasteiger partial charge in [-0.2, -0.15) is 17.6 Å². The Kier molecular flexibility index (Phi) is 5.21. The molecular formula is C21H18F4OS. The minimum absolute atomic E-state index is 0.0206. The second-order valence-electron chi connectivity index (χ2n) is 6.66. The van der Waals surface area contributed by atoms with Crippen molar-refractivity contribution < 1.29 is 22.4 Å². The van der Waals surface area contributed by atoms with Gasteiger partial charge in [0.05, 0.1) is 0 Å². The molecule has 0 N–H and O–H groups in total. The van der Waals surface area contributed by atoms with Crippen LogP contribution in [0.2, 0.25) is 0 Å². The summed E-state index contributed by atoms with van der Waals surface area (Å²) in [5.41, 5.74) is 2.93. The Morgan fingerprint density at radius 2 is 1.81 bits per heavy atom. The number of ketones is 1. The number of allylic oxidation sites excluding steroid dienone is 1. The molecule has 0 spiro atoms. The standard InChI is InChI=1S/C21H18F4OS/c1-13(7-10-18(26)17-6-4-3-5-14(17)2)15-8-9-16-12-20(22,23)21(24,25)27-19(16)11-15/h3-6,8-9,11H,1,7,10,12H2,2H3. The van der Waals surface area contributed by atoms with Crippen LogP contribution < -0.4 is 0 Å². The Morgan fingerprint density at radius 3 is 2.52 bits per heavy atom. The van der Waals surface area contributed by atoms with Crippen molar-refractivity contribution in [3.8, 4) is 0 Å². The molecule has 3 rings (SSSR count). The molecule has 0 aromatic heterocycles. The maximum Gasteiger partial charge on any atom is 0.360 e. The van der Waals surface area contributed by atoms with Crippen LogP contribution in [-0.4, -0.2) is 17.0 Å². The third-order valence-electron chi connectivity index (χ3n) is 4.65. The van der Waals surface area contributed by atoms with E-state index in [9.17, 15) is 22.4 Å². The average molecular weight is 394 g/mol. The second kappa shape index (κ2) is 7.15. The third-order valence-corrected chi connectivity index (χ3v) is 5.81. The van der Waals surface area contributed by atoms with Crippen molar-refractivity contribution in [3.05, 3.63) is 71.3 Å². The predicted molar refractivity (Wildman–Crippen MR) is 99.7 cm³/mol. The minimum atomic E-state index is -4.14. The number of hydrogen-bond acceptors (Lipinski definition) is 2. The average Bonchev–Trinajstić information content (AvgIpc) is 2.60.